The molecule has 1 aliphatic heterocycles. The van der Waals surface area contributed by atoms with Crippen LogP contribution >= 0.6 is 0 Å². The van der Waals surface area contributed by atoms with Gasteiger partial charge in [-0.25, -0.2) is 0 Å². The second-order valence-electron chi connectivity index (χ2n) is 4.97. The lowest BCUT2D eigenvalue weighted by molar-refractivity contribution is -0.131. The normalized spacial score (nSPS) is 19.1. The Morgan fingerprint density at radius 1 is 1.42 bits per heavy atom. The number of piperidine rings is 1. The van der Waals surface area contributed by atoms with Gasteiger partial charge in [0.15, 0.2) is 5.82 Å². The van der Waals surface area contributed by atoms with Crippen molar-refractivity contribution in [2.75, 3.05) is 32.1 Å². The van der Waals surface area contributed by atoms with E-state index in [0.717, 1.165) is 25.2 Å². The number of hydrogen-bond acceptors (Lipinski definition) is 5. The smallest absolute Gasteiger partial charge is 0.233 e. The van der Waals surface area contributed by atoms with Gasteiger partial charge in [0, 0.05) is 33.6 Å². The van der Waals surface area contributed by atoms with Crippen LogP contribution in [0.15, 0.2) is 12.1 Å². The van der Waals surface area contributed by atoms with Crippen LogP contribution < -0.4 is 9.64 Å². The molecule has 104 valence electrons. The van der Waals surface area contributed by atoms with Crippen LogP contribution in [0, 0.1) is 0 Å². The summed E-state index contributed by atoms with van der Waals surface area (Å²) in [5.41, 5.74) is 0. The number of aromatic nitrogens is 2. The number of ether oxygens (including phenoxy) is 1. The largest absolute Gasteiger partial charge is 0.471 e. The standard InChI is InChI=1S/C13H20N4O2/c1-10(18)17-8-4-5-11(9-17)19-13-7-6-12(14-15-13)16(2)3/h6-7,11H,4-5,8-9H2,1-3H3. The van der Waals surface area contributed by atoms with Gasteiger partial charge in [0.25, 0.3) is 0 Å². The third-order valence-electron chi connectivity index (χ3n) is 3.20. The van der Waals surface area contributed by atoms with Crippen LogP contribution in [0.1, 0.15) is 19.8 Å². The molecule has 6 heteroatoms. The van der Waals surface area contributed by atoms with Crippen LogP contribution in [-0.2, 0) is 4.79 Å². The SMILES string of the molecule is CC(=O)N1CCCC(Oc2ccc(N(C)C)nn2)C1. The fourth-order valence-corrected chi connectivity index (χ4v) is 2.11. The molecule has 2 heterocycles. The molecule has 1 aromatic rings. The molecule has 1 atom stereocenters. The fourth-order valence-electron chi connectivity index (χ4n) is 2.11. The minimum absolute atomic E-state index is 0.0113. The molecular weight excluding hydrogens is 244 g/mol. The van der Waals surface area contributed by atoms with E-state index in [-0.39, 0.29) is 12.0 Å². The van der Waals surface area contributed by atoms with E-state index in [2.05, 4.69) is 10.2 Å². The molecular formula is C13H20N4O2. The number of rotatable bonds is 3. The van der Waals surface area contributed by atoms with Gasteiger partial charge in [-0.3, -0.25) is 4.79 Å². The fraction of sp³-hybridized carbons (Fsp3) is 0.615. The Morgan fingerprint density at radius 3 is 2.79 bits per heavy atom. The van der Waals surface area contributed by atoms with E-state index in [1.807, 2.05) is 36.0 Å². The summed E-state index contributed by atoms with van der Waals surface area (Å²) in [7, 11) is 3.83. The third kappa shape index (κ3) is 3.56. The molecule has 1 aliphatic rings. The molecule has 6 nitrogen and oxygen atoms in total. The first-order valence-electron chi connectivity index (χ1n) is 6.49. The third-order valence-corrected chi connectivity index (χ3v) is 3.20. The van der Waals surface area contributed by atoms with Crippen molar-refractivity contribution >= 4 is 11.7 Å². The Kier molecular flexibility index (Phi) is 4.19. The second kappa shape index (κ2) is 5.86. The number of nitrogens with zero attached hydrogens (tertiary/aromatic N) is 4. The maximum Gasteiger partial charge on any atom is 0.233 e. The van der Waals surface area contributed by atoms with Crippen molar-refractivity contribution in [3.63, 3.8) is 0 Å². The molecule has 1 amide bonds. The summed E-state index contributed by atoms with van der Waals surface area (Å²) >= 11 is 0. The molecule has 0 radical (unpaired) electrons. The molecule has 0 aromatic carbocycles. The van der Waals surface area contributed by atoms with E-state index in [9.17, 15) is 4.79 Å². The lowest BCUT2D eigenvalue weighted by atomic mass is 10.1. The molecule has 1 unspecified atom stereocenters. The molecule has 2 rings (SSSR count). The highest BCUT2D eigenvalue weighted by Gasteiger charge is 2.23. The zero-order chi connectivity index (χ0) is 13.8. The van der Waals surface area contributed by atoms with Crippen LogP contribution in [0.25, 0.3) is 0 Å². The molecule has 0 spiro atoms. The van der Waals surface area contributed by atoms with E-state index in [0.29, 0.717) is 12.4 Å². The number of hydrogen-bond donors (Lipinski definition) is 0. The minimum atomic E-state index is 0.0113. The molecule has 0 saturated carbocycles. The Hall–Kier alpha value is -1.85. The van der Waals surface area contributed by atoms with E-state index >= 15 is 0 Å². The zero-order valence-corrected chi connectivity index (χ0v) is 11.7. The monoisotopic (exact) mass is 264 g/mol. The van der Waals surface area contributed by atoms with Gasteiger partial charge in [0.1, 0.15) is 6.10 Å². The van der Waals surface area contributed by atoms with Crippen molar-refractivity contribution < 1.29 is 9.53 Å². The quantitative estimate of drug-likeness (QED) is 0.813. The highest BCUT2D eigenvalue weighted by atomic mass is 16.5. The summed E-state index contributed by atoms with van der Waals surface area (Å²) in [6.07, 6.45) is 1.92. The highest BCUT2D eigenvalue weighted by molar-refractivity contribution is 5.73. The van der Waals surface area contributed by atoms with E-state index in [1.54, 1.807) is 6.92 Å². The molecule has 19 heavy (non-hydrogen) atoms. The molecule has 1 aromatic heterocycles. The molecule has 0 bridgehead atoms. The molecule has 1 fully saturated rings. The Balaban J connectivity index is 1.95. The molecule has 0 aliphatic carbocycles. The average molecular weight is 264 g/mol. The summed E-state index contributed by atoms with van der Waals surface area (Å²) in [6.45, 7) is 3.04. The predicted molar refractivity (Wildman–Crippen MR) is 72.3 cm³/mol. The van der Waals surface area contributed by atoms with Gasteiger partial charge < -0.3 is 14.5 Å². The first-order valence-corrected chi connectivity index (χ1v) is 6.49. The first kappa shape index (κ1) is 13.6. The lowest BCUT2D eigenvalue weighted by Gasteiger charge is -2.31. The van der Waals surface area contributed by atoms with E-state index in [4.69, 9.17) is 4.74 Å². The van der Waals surface area contributed by atoms with Gasteiger partial charge in [-0.1, -0.05) is 0 Å². The van der Waals surface area contributed by atoms with Gasteiger partial charge in [0.05, 0.1) is 6.54 Å². The Bertz CT molecular complexity index is 433. The van der Waals surface area contributed by atoms with E-state index in [1.165, 1.54) is 0 Å². The summed E-state index contributed by atoms with van der Waals surface area (Å²) in [6, 6.07) is 3.68. The first-order chi connectivity index (χ1) is 9.06. The van der Waals surface area contributed by atoms with Crippen LogP contribution in [0.4, 0.5) is 5.82 Å². The number of carbonyl (C=O) groups excluding carboxylic acids is 1. The van der Waals surface area contributed by atoms with Crippen LogP contribution in [0.3, 0.4) is 0 Å². The van der Waals surface area contributed by atoms with Crippen molar-refractivity contribution in [2.45, 2.75) is 25.9 Å². The van der Waals surface area contributed by atoms with Gasteiger partial charge >= 0.3 is 0 Å². The number of carbonyl (C=O) groups is 1. The molecule has 1 saturated heterocycles. The van der Waals surface area contributed by atoms with Crippen LogP contribution in [-0.4, -0.2) is 54.3 Å². The second-order valence-corrected chi connectivity index (χ2v) is 4.97. The average Bonchev–Trinajstić information content (AvgIpc) is 2.39. The van der Waals surface area contributed by atoms with Gasteiger partial charge in [-0.15, -0.1) is 10.2 Å². The summed E-state index contributed by atoms with van der Waals surface area (Å²) in [5, 5.41) is 8.11. The summed E-state index contributed by atoms with van der Waals surface area (Å²) < 4.78 is 5.78. The maximum atomic E-state index is 11.4. The zero-order valence-electron chi connectivity index (χ0n) is 11.7. The highest BCUT2D eigenvalue weighted by Crippen LogP contribution is 2.17. The van der Waals surface area contributed by atoms with Crippen molar-refractivity contribution in [2.24, 2.45) is 0 Å². The number of likely N-dealkylation sites (tertiary alicyclic amines) is 1. The maximum absolute atomic E-state index is 11.4. The van der Waals surface area contributed by atoms with Crippen LogP contribution in [0.5, 0.6) is 5.88 Å². The van der Waals surface area contributed by atoms with Crippen molar-refractivity contribution in [1.82, 2.24) is 15.1 Å². The van der Waals surface area contributed by atoms with Crippen molar-refractivity contribution in [3.05, 3.63) is 12.1 Å². The topological polar surface area (TPSA) is 58.6 Å². The Morgan fingerprint density at radius 2 is 2.21 bits per heavy atom. The molecule has 0 N–H and O–H groups in total. The lowest BCUT2D eigenvalue weighted by Crippen LogP contribution is -2.43. The minimum Gasteiger partial charge on any atom is -0.471 e. The predicted octanol–water partition coefficient (Wildman–Crippen LogP) is 0.932. The van der Waals surface area contributed by atoms with Crippen molar-refractivity contribution in [1.29, 1.82) is 0 Å². The van der Waals surface area contributed by atoms with Crippen molar-refractivity contribution in [3.8, 4) is 5.88 Å². The van der Waals surface area contributed by atoms with E-state index < -0.39 is 0 Å². The van der Waals surface area contributed by atoms with Gasteiger partial charge in [-0.05, 0) is 18.9 Å². The number of anilines is 1. The summed E-state index contributed by atoms with van der Waals surface area (Å²) in [5.74, 6) is 1.41. The Labute approximate surface area is 113 Å². The van der Waals surface area contributed by atoms with Gasteiger partial charge in [0.2, 0.25) is 11.8 Å². The number of amides is 1. The summed E-state index contributed by atoms with van der Waals surface area (Å²) in [4.78, 5) is 15.1. The van der Waals surface area contributed by atoms with Gasteiger partial charge in [-0.2, -0.15) is 0 Å². The van der Waals surface area contributed by atoms with Crippen LogP contribution in [0.2, 0.25) is 0 Å².